The molecular formula is C12H9BrClN5. The normalized spacial score (nSPS) is 11.1. The van der Waals surface area contributed by atoms with Crippen LogP contribution in [0, 0.1) is 0 Å². The first-order chi connectivity index (χ1) is 9.28. The molecule has 0 unspecified atom stereocenters. The highest BCUT2D eigenvalue weighted by Gasteiger charge is 2.12. The summed E-state index contributed by atoms with van der Waals surface area (Å²) in [5, 5.41) is 0. The number of halogens is 2. The van der Waals surface area contributed by atoms with Crippen molar-refractivity contribution < 1.29 is 0 Å². The number of hydrogen-bond acceptors (Lipinski definition) is 4. The second kappa shape index (κ2) is 5.22. The van der Waals surface area contributed by atoms with Gasteiger partial charge in [0.1, 0.15) is 17.7 Å². The smallest absolute Gasteiger partial charge is 0.160 e. The fraction of sp³-hybridized carbons (Fsp3) is 0.167. The van der Waals surface area contributed by atoms with Gasteiger partial charge in [0.15, 0.2) is 5.65 Å². The van der Waals surface area contributed by atoms with Gasteiger partial charge in [-0.3, -0.25) is 0 Å². The van der Waals surface area contributed by atoms with E-state index in [4.69, 9.17) is 11.6 Å². The monoisotopic (exact) mass is 337 g/mol. The van der Waals surface area contributed by atoms with Gasteiger partial charge in [-0.25, -0.2) is 19.9 Å². The Hall–Kier alpha value is -1.53. The van der Waals surface area contributed by atoms with Crippen molar-refractivity contribution in [1.82, 2.24) is 24.5 Å². The Kier molecular flexibility index (Phi) is 3.44. The summed E-state index contributed by atoms with van der Waals surface area (Å²) in [6.45, 7) is 0.579. The van der Waals surface area contributed by atoms with Gasteiger partial charge in [-0.1, -0.05) is 0 Å². The molecule has 0 radical (unpaired) electrons. The third-order valence-electron chi connectivity index (χ3n) is 2.71. The van der Waals surface area contributed by atoms with Crippen LogP contribution in [0.1, 0.15) is 11.5 Å². The van der Waals surface area contributed by atoms with Crippen LogP contribution in [0.15, 0.2) is 35.3 Å². The lowest BCUT2D eigenvalue weighted by molar-refractivity contribution is 0.747. The van der Waals surface area contributed by atoms with Crippen molar-refractivity contribution in [1.29, 1.82) is 0 Å². The second-order valence-corrected chi connectivity index (χ2v) is 5.13. The molecule has 0 N–H and O–H groups in total. The van der Waals surface area contributed by atoms with Crippen molar-refractivity contribution in [2.75, 3.05) is 0 Å². The van der Waals surface area contributed by atoms with Gasteiger partial charge in [0.05, 0.1) is 18.1 Å². The maximum atomic E-state index is 5.95. The lowest BCUT2D eigenvalue weighted by atomic mass is 10.4. The maximum absolute atomic E-state index is 5.95. The molecule has 0 amide bonds. The minimum absolute atomic E-state index is 0.332. The number of fused-ring (bicyclic) bond motifs is 1. The highest BCUT2D eigenvalue weighted by atomic mass is 79.9. The van der Waals surface area contributed by atoms with Gasteiger partial charge in [0, 0.05) is 16.9 Å². The molecule has 96 valence electrons. The first-order valence-electron chi connectivity index (χ1n) is 5.59. The first kappa shape index (κ1) is 12.5. The molecule has 0 aliphatic carbocycles. The van der Waals surface area contributed by atoms with Crippen LogP contribution in [0.25, 0.3) is 11.2 Å². The Bertz CT molecular complexity index is 713. The molecule has 0 saturated carbocycles. The Morgan fingerprint density at radius 2 is 2.21 bits per heavy atom. The minimum atomic E-state index is 0.332. The molecule has 3 heterocycles. The van der Waals surface area contributed by atoms with Crippen molar-refractivity contribution >= 4 is 38.7 Å². The van der Waals surface area contributed by atoms with Crippen molar-refractivity contribution in [3.05, 3.63) is 46.8 Å². The molecular weight excluding hydrogens is 330 g/mol. The van der Waals surface area contributed by atoms with Crippen LogP contribution < -0.4 is 0 Å². The molecule has 0 atom stereocenters. The number of pyridine rings is 1. The van der Waals surface area contributed by atoms with Gasteiger partial charge in [-0.15, -0.1) is 11.6 Å². The van der Waals surface area contributed by atoms with Crippen molar-refractivity contribution in [2.24, 2.45) is 0 Å². The van der Waals surface area contributed by atoms with E-state index in [1.54, 1.807) is 12.4 Å². The molecule has 0 bridgehead atoms. The summed E-state index contributed by atoms with van der Waals surface area (Å²) >= 11 is 9.34. The quantitative estimate of drug-likeness (QED) is 0.689. The number of rotatable bonds is 3. The molecule has 0 aliphatic rings. The topological polar surface area (TPSA) is 56.5 Å². The summed E-state index contributed by atoms with van der Waals surface area (Å²) in [6.07, 6.45) is 4.99. The van der Waals surface area contributed by atoms with Gasteiger partial charge >= 0.3 is 0 Å². The summed E-state index contributed by atoms with van der Waals surface area (Å²) < 4.78 is 2.87. The molecule has 0 fully saturated rings. The maximum Gasteiger partial charge on any atom is 0.160 e. The molecule has 5 nitrogen and oxygen atoms in total. The van der Waals surface area contributed by atoms with E-state index in [-0.39, 0.29) is 0 Å². The Balaban J connectivity index is 2.11. The van der Waals surface area contributed by atoms with Crippen molar-refractivity contribution in [2.45, 2.75) is 12.4 Å². The largest absolute Gasteiger partial charge is 0.306 e. The second-order valence-electron chi connectivity index (χ2n) is 3.94. The SMILES string of the molecule is ClCc1nc2cc(Br)cnc2n1Cc1ccncn1. The van der Waals surface area contributed by atoms with Crippen molar-refractivity contribution in [3.63, 3.8) is 0 Å². The molecule has 0 aromatic carbocycles. The molecule has 0 spiro atoms. The number of aromatic nitrogens is 5. The van der Waals surface area contributed by atoms with Gasteiger partial charge in [0.2, 0.25) is 0 Å². The summed E-state index contributed by atoms with van der Waals surface area (Å²) in [6, 6.07) is 3.79. The summed E-state index contributed by atoms with van der Waals surface area (Å²) in [4.78, 5) is 17.0. The predicted octanol–water partition coefficient (Wildman–Crippen LogP) is 2.77. The first-order valence-corrected chi connectivity index (χ1v) is 6.92. The fourth-order valence-corrected chi connectivity index (χ4v) is 2.40. The van der Waals surface area contributed by atoms with Crippen LogP contribution in [-0.4, -0.2) is 24.5 Å². The van der Waals surface area contributed by atoms with E-state index < -0.39 is 0 Å². The fourth-order valence-electron chi connectivity index (χ4n) is 1.88. The molecule has 19 heavy (non-hydrogen) atoms. The van der Waals surface area contributed by atoms with E-state index in [0.717, 1.165) is 27.2 Å². The van der Waals surface area contributed by atoms with Gasteiger partial charge in [-0.2, -0.15) is 0 Å². The van der Waals surface area contributed by atoms with Crippen LogP contribution in [0.2, 0.25) is 0 Å². The number of imidazole rings is 1. The van der Waals surface area contributed by atoms with Crippen LogP contribution >= 0.6 is 27.5 Å². The minimum Gasteiger partial charge on any atom is -0.306 e. The van der Waals surface area contributed by atoms with E-state index >= 15 is 0 Å². The molecule has 3 aromatic heterocycles. The number of nitrogens with zero attached hydrogens (tertiary/aromatic N) is 5. The number of alkyl halides is 1. The zero-order valence-corrected chi connectivity index (χ0v) is 12.1. The van der Waals surface area contributed by atoms with E-state index in [1.165, 1.54) is 6.33 Å². The Morgan fingerprint density at radius 3 is 2.95 bits per heavy atom. The third-order valence-corrected chi connectivity index (χ3v) is 3.39. The summed E-state index contributed by atoms with van der Waals surface area (Å²) in [7, 11) is 0. The Labute approximate surface area is 122 Å². The van der Waals surface area contributed by atoms with E-state index in [1.807, 2.05) is 16.7 Å². The van der Waals surface area contributed by atoms with Gasteiger partial charge in [-0.05, 0) is 28.1 Å². The highest BCUT2D eigenvalue weighted by molar-refractivity contribution is 9.10. The van der Waals surface area contributed by atoms with E-state index in [2.05, 4.69) is 35.9 Å². The van der Waals surface area contributed by atoms with Crippen LogP contribution in [0.3, 0.4) is 0 Å². The molecule has 3 aromatic rings. The average Bonchev–Trinajstić information content (AvgIpc) is 2.77. The zero-order chi connectivity index (χ0) is 13.2. The van der Waals surface area contributed by atoms with Gasteiger partial charge < -0.3 is 4.57 Å². The molecule has 3 rings (SSSR count). The molecule has 7 heteroatoms. The van der Waals surface area contributed by atoms with Crippen LogP contribution in [0.4, 0.5) is 0 Å². The highest BCUT2D eigenvalue weighted by Crippen LogP contribution is 2.20. The summed E-state index contributed by atoms with van der Waals surface area (Å²) in [5.41, 5.74) is 2.52. The average molecular weight is 339 g/mol. The lowest BCUT2D eigenvalue weighted by Gasteiger charge is -2.05. The van der Waals surface area contributed by atoms with Gasteiger partial charge in [0.25, 0.3) is 0 Å². The zero-order valence-electron chi connectivity index (χ0n) is 9.79. The van der Waals surface area contributed by atoms with Crippen LogP contribution in [-0.2, 0) is 12.4 Å². The standard InChI is InChI=1S/C12H9BrClN5/c13-8-3-10-12(16-5-8)19(11(4-14)18-10)6-9-1-2-15-7-17-9/h1-3,5,7H,4,6H2. The predicted molar refractivity (Wildman–Crippen MR) is 75.9 cm³/mol. The number of hydrogen-bond donors (Lipinski definition) is 0. The van der Waals surface area contributed by atoms with Crippen molar-refractivity contribution in [3.8, 4) is 0 Å². The lowest BCUT2D eigenvalue weighted by Crippen LogP contribution is -2.06. The molecule has 0 saturated heterocycles. The van der Waals surface area contributed by atoms with Crippen LogP contribution in [0.5, 0.6) is 0 Å². The van der Waals surface area contributed by atoms with E-state index in [9.17, 15) is 0 Å². The third kappa shape index (κ3) is 2.46. The van der Waals surface area contributed by atoms with E-state index in [0.29, 0.717) is 12.4 Å². The summed E-state index contributed by atoms with van der Waals surface area (Å²) in [5.74, 6) is 1.11. The molecule has 0 aliphatic heterocycles. The Morgan fingerprint density at radius 1 is 1.32 bits per heavy atom.